The van der Waals surface area contributed by atoms with Gasteiger partial charge >= 0.3 is 0 Å². The van der Waals surface area contributed by atoms with Crippen molar-refractivity contribution in [1.29, 1.82) is 0 Å². The lowest BCUT2D eigenvalue weighted by Crippen LogP contribution is -2.31. The average molecular weight is 293 g/mol. The van der Waals surface area contributed by atoms with Crippen LogP contribution in [0.15, 0.2) is 40.2 Å². The van der Waals surface area contributed by atoms with Crippen LogP contribution in [0, 0.1) is 5.92 Å². The molecule has 0 bridgehead atoms. The topological polar surface area (TPSA) is 37.8 Å². The molecule has 1 heterocycles. The van der Waals surface area contributed by atoms with Gasteiger partial charge in [0.05, 0.1) is 0 Å². The third kappa shape index (κ3) is 3.78. The zero-order valence-corrected chi connectivity index (χ0v) is 13.0. The van der Waals surface area contributed by atoms with Crippen molar-refractivity contribution in [3.05, 3.63) is 41.4 Å². The standard InChI is InChI=1S/C14H19N3S2/c1-10(2)13(19-14-17-16-9-18-14)12(15-3)11-7-5-4-6-8-11/h4-10,12-13,15H,1-3H3. The van der Waals surface area contributed by atoms with E-state index in [1.54, 1.807) is 16.8 Å². The Morgan fingerprint density at radius 2 is 1.95 bits per heavy atom. The number of benzene rings is 1. The van der Waals surface area contributed by atoms with E-state index < -0.39 is 0 Å². The fourth-order valence-corrected chi connectivity index (χ4v) is 4.09. The lowest BCUT2D eigenvalue weighted by atomic mass is 9.96. The van der Waals surface area contributed by atoms with Crippen LogP contribution in [-0.4, -0.2) is 22.5 Å². The van der Waals surface area contributed by atoms with Gasteiger partial charge < -0.3 is 5.32 Å². The monoisotopic (exact) mass is 293 g/mol. The molecule has 0 aliphatic rings. The van der Waals surface area contributed by atoms with E-state index >= 15 is 0 Å². The second-order valence-electron chi connectivity index (χ2n) is 4.71. The molecule has 0 aliphatic heterocycles. The van der Waals surface area contributed by atoms with Gasteiger partial charge in [0.25, 0.3) is 0 Å². The third-order valence-corrected chi connectivity index (χ3v) is 5.46. The molecular weight excluding hydrogens is 274 g/mol. The van der Waals surface area contributed by atoms with Crippen LogP contribution >= 0.6 is 23.1 Å². The van der Waals surface area contributed by atoms with Crippen LogP contribution in [0.1, 0.15) is 25.5 Å². The average Bonchev–Trinajstić information content (AvgIpc) is 2.92. The molecule has 0 spiro atoms. The zero-order chi connectivity index (χ0) is 13.7. The molecule has 3 nitrogen and oxygen atoms in total. The maximum absolute atomic E-state index is 4.15. The van der Waals surface area contributed by atoms with Gasteiger partial charge in [-0.25, -0.2) is 0 Å². The molecule has 2 aromatic rings. The molecule has 2 atom stereocenters. The summed E-state index contributed by atoms with van der Waals surface area (Å²) in [6, 6.07) is 10.9. The SMILES string of the molecule is CNC(c1ccccc1)C(Sc1nncs1)C(C)C. The quantitative estimate of drug-likeness (QED) is 0.826. The summed E-state index contributed by atoms with van der Waals surface area (Å²) < 4.78 is 1.04. The Morgan fingerprint density at radius 3 is 2.47 bits per heavy atom. The fraction of sp³-hybridized carbons (Fsp3) is 0.429. The first-order chi connectivity index (χ1) is 9.22. The molecule has 0 saturated heterocycles. The highest BCUT2D eigenvalue weighted by molar-refractivity contribution is 8.01. The summed E-state index contributed by atoms with van der Waals surface area (Å²) in [5.41, 5.74) is 3.11. The van der Waals surface area contributed by atoms with E-state index in [1.807, 2.05) is 18.8 Å². The van der Waals surface area contributed by atoms with Crippen LogP contribution in [-0.2, 0) is 0 Å². The van der Waals surface area contributed by atoms with Gasteiger partial charge in [-0.1, -0.05) is 67.3 Å². The number of thioether (sulfide) groups is 1. The van der Waals surface area contributed by atoms with Gasteiger partial charge in [-0.3, -0.25) is 0 Å². The van der Waals surface area contributed by atoms with Crippen LogP contribution in [0.5, 0.6) is 0 Å². The molecule has 0 aliphatic carbocycles. The molecule has 102 valence electrons. The van der Waals surface area contributed by atoms with Crippen LogP contribution in [0.4, 0.5) is 0 Å². The summed E-state index contributed by atoms with van der Waals surface area (Å²) in [6.45, 7) is 4.51. The normalized spacial score (nSPS) is 14.5. The smallest absolute Gasteiger partial charge is 0.174 e. The Labute approximate surface area is 122 Å². The Morgan fingerprint density at radius 1 is 1.21 bits per heavy atom. The predicted octanol–water partition coefficient (Wildman–Crippen LogP) is 3.62. The minimum atomic E-state index is 0.315. The minimum Gasteiger partial charge on any atom is -0.312 e. The number of rotatable bonds is 6. The Bertz CT molecular complexity index is 471. The summed E-state index contributed by atoms with van der Waals surface area (Å²) in [7, 11) is 2.02. The van der Waals surface area contributed by atoms with E-state index in [0.717, 1.165) is 4.34 Å². The molecule has 1 aromatic carbocycles. The number of aromatic nitrogens is 2. The van der Waals surface area contributed by atoms with E-state index in [0.29, 0.717) is 17.2 Å². The fourth-order valence-electron chi connectivity index (χ4n) is 2.10. The maximum atomic E-state index is 4.15. The summed E-state index contributed by atoms with van der Waals surface area (Å²) in [5, 5.41) is 12.0. The van der Waals surface area contributed by atoms with Crippen molar-refractivity contribution >= 4 is 23.1 Å². The van der Waals surface area contributed by atoms with Gasteiger partial charge in [0.2, 0.25) is 0 Å². The highest BCUT2D eigenvalue weighted by atomic mass is 32.2. The minimum absolute atomic E-state index is 0.315. The van der Waals surface area contributed by atoms with E-state index in [2.05, 4.69) is 59.7 Å². The number of nitrogens with one attached hydrogen (secondary N) is 1. The van der Waals surface area contributed by atoms with Crippen molar-refractivity contribution < 1.29 is 0 Å². The number of nitrogens with zero attached hydrogens (tertiary/aromatic N) is 2. The van der Waals surface area contributed by atoms with Gasteiger partial charge in [-0.05, 0) is 18.5 Å². The second kappa shape index (κ2) is 7.03. The van der Waals surface area contributed by atoms with Gasteiger partial charge in [-0.2, -0.15) is 0 Å². The molecule has 19 heavy (non-hydrogen) atoms. The second-order valence-corrected chi connectivity index (χ2v) is 6.97. The van der Waals surface area contributed by atoms with Gasteiger partial charge in [0.1, 0.15) is 5.51 Å². The summed E-state index contributed by atoms with van der Waals surface area (Å²) in [6.07, 6.45) is 0. The first-order valence-electron chi connectivity index (χ1n) is 6.37. The third-order valence-electron chi connectivity index (χ3n) is 3.03. The van der Waals surface area contributed by atoms with Crippen LogP contribution in [0.2, 0.25) is 0 Å². The number of hydrogen-bond acceptors (Lipinski definition) is 5. The zero-order valence-electron chi connectivity index (χ0n) is 11.4. The molecule has 0 saturated carbocycles. The Kier molecular flexibility index (Phi) is 5.36. The molecule has 1 aromatic heterocycles. The summed E-state index contributed by atoms with van der Waals surface area (Å²) in [5.74, 6) is 0.548. The number of hydrogen-bond donors (Lipinski definition) is 1. The molecule has 2 unspecified atom stereocenters. The van der Waals surface area contributed by atoms with Crippen LogP contribution < -0.4 is 5.32 Å². The highest BCUT2D eigenvalue weighted by Crippen LogP contribution is 2.37. The molecular formula is C14H19N3S2. The van der Waals surface area contributed by atoms with E-state index in [-0.39, 0.29) is 0 Å². The molecule has 0 radical (unpaired) electrons. The summed E-state index contributed by atoms with van der Waals surface area (Å²) >= 11 is 3.42. The van der Waals surface area contributed by atoms with Crippen LogP contribution in [0.3, 0.4) is 0 Å². The van der Waals surface area contributed by atoms with Crippen molar-refractivity contribution in [2.24, 2.45) is 5.92 Å². The molecule has 5 heteroatoms. The van der Waals surface area contributed by atoms with Crippen molar-refractivity contribution in [2.45, 2.75) is 29.5 Å². The maximum Gasteiger partial charge on any atom is 0.174 e. The van der Waals surface area contributed by atoms with E-state index in [9.17, 15) is 0 Å². The van der Waals surface area contributed by atoms with Crippen molar-refractivity contribution in [3.8, 4) is 0 Å². The first kappa shape index (κ1) is 14.5. The predicted molar refractivity (Wildman–Crippen MR) is 82.6 cm³/mol. The van der Waals surface area contributed by atoms with Crippen molar-refractivity contribution in [2.75, 3.05) is 7.05 Å². The van der Waals surface area contributed by atoms with Crippen molar-refractivity contribution in [1.82, 2.24) is 15.5 Å². The molecule has 2 rings (SSSR count). The van der Waals surface area contributed by atoms with E-state index in [4.69, 9.17) is 0 Å². The molecule has 1 N–H and O–H groups in total. The molecule has 0 fully saturated rings. The molecule has 0 amide bonds. The Balaban J connectivity index is 2.21. The van der Waals surface area contributed by atoms with Crippen LogP contribution in [0.25, 0.3) is 0 Å². The van der Waals surface area contributed by atoms with Gasteiger partial charge in [0.15, 0.2) is 4.34 Å². The highest BCUT2D eigenvalue weighted by Gasteiger charge is 2.26. The lowest BCUT2D eigenvalue weighted by Gasteiger charge is -2.29. The van der Waals surface area contributed by atoms with Gasteiger partial charge in [-0.15, -0.1) is 10.2 Å². The van der Waals surface area contributed by atoms with Crippen molar-refractivity contribution in [3.63, 3.8) is 0 Å². The summed E-state index contributed by atoms with van der Waals surface area (Å²) in [4.78, 5) is 0. The largest absolute Gasteiger partial charge is 0.312 e. The Hall–Kier alpha value is -0.910. The van der Waals surface area contributed by atoms with E-state index in [1.165, 1.54) is 5.56 Å². The van der Waals surface area contributed by atoms with Gasteiger partial charge in [0, 0.05) is 11.3 Å². The first-order valence-corrected chi connectivity index (χ1v) is 8.13. The lowest BCUT2D eigenvalue weighted by molar-refractivity contribution is 0.472.